The molecule has 0 aliphatic rings. The fourth-order valence-corrected chi connectivity index (χ4v) is 2.81. The van der Waals surface area contributed by atoms with Gasteiger partial charge in [0.2, 0.25) is 0 Å². The minimum Gasteiger partial charge on any atom is -0.508 e. The van der Waals surface area contributed by atoms with Crippen LogP contribution in [-0.4, -0.2) is 30.5 Å². The first-order valence-electron chi connectivity index (χ1n) is 8.49. The molecule has 2 rings (SSSR count). The van der Waals surface area contributed by atoms with E-state index in [1.54, 1.807) is 31.4 Å². The highest BCUT2D eigenvalue weighted by Crippen LogP contribution is 2.30. The fourth-order valence-electron chi connectivity index (χ4n) is 2.81. The lowest BCUT2D eigenvalue weighted by atomic mass is 9.92. The molecule has 0 saturated heterocycles. The summed E-state index contributed by atoms with van der Waals surface area (Å²) >= 11 is 0. The van der Waals surface area contributed by atoms with Crippen LogP contribution in [0.2, 0.25) is 0 Å². The van der Waals surface area contributed by atoms with Crippen molar-refractivity contribution in [1.82, 2.24) is 0 Å². The normalized spacial score (nSPS) is 13.8. The van der Waals surface area contributed by atoms with Crippen molar-refractivity contribution < 1.29 is 19.7 Å². The summed E-state index contributed by atoms with van der Waals surface area (Å²) in [6.07, 6.45) is 4.82. The summed E-state index contributed by atoms with van der Waals surface area (Å²) in [5, 5.41) is 18.8. The van der Waals surface area contributed by atoms with Gasteiger partial charge >= 0.3 is 0 Å². The van der Waals surface area contributed by atoms with Gasteiger partial charge < -0.3 is 19.7 Å². The van der Waals surface area contributed by atoms with Gasteiger partial charge in [-0.1, -0.05) is 36.4 Å². The molecule has 2 N–H and O–H groups in total. The van der Waals surface area contributed by atoms with Gasteiger partial charge in [-0.05, 0) is 48.7 Å². The molecule has 0 radical (unpaired) electrons. The monoisotopic (exact) mass is 342 g/mol. The van der Waals surface area contributed by atoms with Gasteiger partial charge in [-0.25, -0.2) is 0 Å². The van der Waals surface area contributed by atoms with Crippen molar-refractivity contribution in [3.05, 3.63) is 65.7 Å². The number of allylic oxidation sites excluding steroid dienone is 1. The number of phenolic OH excluding ortho intramolecular Hbond substituents is 2. The Morgan fingerprint density at radius 1 is 0.960 bits per heavy atom. The molecule has 0 amide bonds. The summed E-state index contributed by atoms with van der Waals surface area (Å²) in [5.41, 5.74) is 2.06. The van der Waals surface area contributed by atoms with E-state index in [-0.39, 0.29) is 23.5 Å². The molecule has 4 heteroatoms. The summed E-state index contributed by atoms with van der Waals surface area (Å²) in [6, 6.07) is 14.2. The van der Waals surface area contributed by atoms with Gasteiger partial charge in [-0.3, -0.25) is 0 Å². The Labute approximate surface area is 149 Å². The molecule has 0 aliphatic heterocycles. The van der Waals surface area contributed by atoms with E-state index in [1.165, 1.54) is 0 Å². The van der Waals surface area contributed by atoms with Crippen LogP contribution in [0.3, 0.4) is 0 Å². The fraction of sp³-hybridized carbons (Fsp3) is 0.333. The van der Waals surface area contributed by atoms with Crippen LogP contribution in [0.25, 0.3) is 6.08 Å². The third-order valence-corrected chi connectivity index (χ3v) is 4.02. The summed E-state index contributed by atoms with van der Waals surface area (Å²) in [5.74, 6) is 0.663. The molecule has 2 atom stereocenters. The molecule has 0 heterocycles. The smallest absolute Gasteiger partial charge is 0.115 e. The highest BCUT2D eigenvalue weighted by Gasteiger charge is 2.23. The molecule has 0 spiro atoms. The Bertz CT molecular complexity index is 647. The van der Waals surface area contributed by atoms with Gasteiger partial charge in [0.1, 0.15) is 11.5 Å². The molecule has 0 bridgehead atoms. The lowest BCUT2D eigenvalue weighted by Crippen LogP contribution is -2.20. The third kappa shape index (κ3) is 5.93. The van der Waals surface area contributed by atoms with Crippen molar-refractivity contribution in [2.45, 2.75) is 19.4 Å². The molecule has 0 unspecified atom stereocenters. The van der Waals surface area contributed by atoms with Crippen LogP contribution in [0.5, 0.6) is 11.5 Å². The van der Waals surface area contributed by atoms with E-state index in [0.29, 0.717) is 13.2 Å². The number of phenols is 2. The zero-order valence-electron chi connectivity index (χ0n) is 14.8. The van der Waals surface area contributed by atoms with E-state index >= 15 is 0 Å². The summed E-state index contributed by atoms with van der Waals surface area (Å²) in [4.78, 5) is 0. The summed E-state index contributed by atoms with van der Waals surface area (Å²) in [7, 11) is 1.69. The molecule has 2 aromatic rings. The maximum Gasteiger partial charge on any atom is 0.115 e. The molecule has 2 aromatic carbocycles. The predicted molar refractivity (Wildman–Crippen MR) is 99.6 cm³/mol. The van der Waals surface area contributed by atoms with Crippen LogP contribution < -0.4 is 0 Å². The van der Waals surface area contributed by atoms with Crippen molar-refractivity contribution in [1.29, 1.82) is 0 Å². The zero-order chi connectivity index (χ0) is 18.1. The maximum absolute atomic E-state index is 9.50. The van der Waals surface area contributed by atoms with Crippen LogP contribution in [0, 0.1) is 5.92 Å². The van der Waals surface area contributed by atoms with E-state index in [4.69, 9.17) is 9.47 Å². The first kappa shape index (κ1) is 19.0. The first-order valence-corrected chi connectivity index (χ1v) is 8.49. The molecule has 0 aliphatic carbocycles. The van der Waals surface area contributed by atoms with E-state index in [2.05, 4.69) is 6.08 Å². The molecule has 0 fully saturated rings. The standard InChI is InChI=1S/C21H26O4/c1-3-25-21(17-9-13-20(23)14-10-17)18(15-24-2)6-4-5-16-7-11-19(22)12-8-16/h4-5,7-14,18,21-23H,3,6,15H2,1-2H3/b5-4+/t18-,21-/m1/s1. The van der Waals surface area contributed by atoms with Crippen LogP contribution in [0.4, 0.5) is 0 Å². The second-order valence-electron chi connectivity index (χ2n) is 5.91. The number of methoxy groups -OCH3 is 1. The highest BCUT2D eigenvalue weighted by molar-refractivity contribution is 5.50. The van der Waals surface area contributed by atoms with Crippen molar-refractivity contribution in [2.75, 3.05) is 20.3 Å². The second kappa shape index (κ2) is 9.87. The number of hydrogen-bond acceptors (Lipinski definition) is 4. The molecular formula is C21H26O4. The average Bonchev–Trinajstić information content (AvgIpc) is 2.62. The zero-order valence-corrected chi connectivity index (χ0v) is 14.8. The van der Waals surface area contributed by atoms with Crippen molar-refractivity contribution in [3.8, 4) is 11.5 Å². The van der Waals surface area contributed by atoms with Crippen LogP contribution in [0.1, 0.15) is 30.6 Å². The Kier molecular flexibility index (Phi) is 7.51. The SMILES string of the molecule is CCO[C@H](c1ccc(O)cc1)[C@H](C/C=C/c1ccc(O)cc1)COC. The second-order valence-corrected chi connectivity index (χ2v) is 5.91. The largest absolute Gasteiger partial charge is 0.508 e. The van der Waals surface area contributed by atoms with Crippen LogP contribution in [-0.2, 0) is 9.47 Å². The molecule has 134 valence electrons. The highest BCUT2D eigenvalue weighted by atomic mass is 16.5. The Balaban J connectivity index is 2.12. The van der Waals surface area contributed by atoms with E-state index in [0.717, 1.165) is 17.5 Å². The maximum atomic E-state index is 9.50. The van der Waals surface area contributed by atoms with Gasteiger partial charge in [0, 0.05) is 19.6 Å². The van der Waals surface area contributed by atoms with Gasteiger partial charge in [-0.2, -0.15) is 0 Å². The first-order chi connectivity index (χ1) is 12.1. The van der Waals surface area contributed by atoms with Crippen LogP contribution in [0.15, 0.2) is 54.6 Å². The molecule has 0 saturated carbocycles. The lowest BCUT2D eigenvalue weighted by molar-refractivity contribution is -0.00937. The summed E-state index contributed by atoms with van der Waals surface area (Å²) < 4.78 is 11.4. The van der Waals surface area contributed by atoms with E-state index in [1.807, 2.05) is 37.3 Å². The molecule has 0 aromatic heterocycles. The third-order valence-electron chi connectivity index (χ3n) is 4.02. The topological polar surface area (TPSA) is 58.9 Å². The number of hydrogen-bond donors (Lipinski definition) is 2. The molecule has 25 heavy (non-hydrogen) atoms. The van der Waals surface area contributed by atoms with E-state index < -0.39 is 0 Å². The minimum atomic E-state index is -0.102. The minimum absolute atomic E-state index is 0.102. The van der Waals surface area contributed by atoms with Crippen molar-refractivity contribution in [3.63, 3.8) is 0 Å². The lowest BCUT2D eigenvalue weighted by Gasteiger charge is -2.26. The van der Waals surface area contributed by atoms with Crippen molar-refractivity contribution in [2.24, 2.45) is 5.92 Å². The average molecular weight is 342 g/mol. The van der Waals surface area contributed by atoms with E-state index in [9.17, 15) is 10.2 Å². The number of aromatic hydroxyl groups is 2. The Hall–Kier alpha value is -2.30. The van der Waals surface area contributed by atoms with Gasteiger partial charge in [-0.15, -0.1) is 0 Å². The van der Waals surface area contributed by atoms with Crippen molar-refractivity contribution >= 4 is 6.08 Å². The summed E-state index contributed by atoms with van der Waals surface area (Å²) in [6.45, 7) is 3.16. The molecular weight excluding hydrogens is 316 g/mol. The number of benzene rings is 2. The van der Waals surface area contributed by atoms with Crippen LogP contribution >= 0.6 is 0 Å². The Morgan fingerprint density at radius 3 is 2.12 bits per heavy atom. The number of ether oxygens (including phenoxy) is 2. The quantitative estimate of drug-likeness (QED) is 0.702. The molecule has 4 nitrogen and oxygen atoms in total. The predicted octanol–water partition coefficient (Wildman–Crippen LogP) is 4.54. The number of rotatable bonds is 9. The van der Waals surface area contributed by atoms with Gasteiger partial charge in [0.25, 0.3) is 0 Å². The van der Waals surface area contributed by atoms with Gasteiger partial charge in [0.05, 0.1) is 12.7 Å². The van der Waals surface area contributed by atoms with Gasteiger partial charge in [0.15, 0.2) is 0 Å². The Morgan fingerprint density at radius 2 is 1.56 bits per heavy atom.